The van der Waals surface area contributed by atoms with Crippen LogP contribution in [-0.2, 0) is 12.8 Å². The smallest absolute Gasteiger partial charge is 0.292 e. The number of fused-ring (bicyclic) bond motifs is 1. The second-order valence-corrected chi connectivity index (χ2v) is 9.30. The van der Waals surface area contributed by atoms with Crippen LogP contribution in [0.5, 0.6) is 0 Å². The first-order valence-electron chi connectivity index (χ1n) is 12.3. The van der Waals surface area contributed by atoms with E-state index in [4.69, 9.17) is 5.53 Å². The fourth-order valence-electron chi connectivity index (χ4n) is 5.03. The van der Waals surface area contributed by atoms with Crippen LogP contribution in [0.25, 0.3) is 21.2 Å². The van der Waals surface area contributed by atoms with Crippen LogP contribution in [0.1, 0.15) is 11.1 Å². The molecule has 0 aliphatic carbocycles. The molecule has 1 aliphatic heterocycles. The Bertz CT molecular complexity index is 1350. The highest BCUT2D eigenvalue weighted by Gasteiger charge is 2.40. The van der Waals surface area contributed by atoms with Gasteiger partial charge in [-0.25, -0.2) is 0 Å². The molecule has 3 aromatic carbocycles. The highest BCUT2D eigenvalue weighted by Crippen LogP contribution is 2.30. The third-order valence-corrected chi connectivity index (χ3v) is 7.04. The molecule has 0 amide bonds. The molecule has 1 saturated heterocycles. The zero-order valence-electron chi connectivity index (χ0n) is 20.6. The van der Waals surface area contributed by atoms with E-state index in [1.165, 1.54) is 18.2 Å². The molecule has 38 heavy (non-hydrogen) atoms. The van der Waals surface area contributed by atoms with E-state index < -0.39 is 29.3 Å². The molecule has 200 valence electrons. The number of hydrogen-bond acceptors (Lipinski definition) is 9. The number of piperidine rings is 1. The number of nitro benzene ring substituents is 1. The lowest BCUT2D eigenvalue weighted by atomic mass is 9.92. The largest absolute Gasteiger partial charge is 0.395 e. The Morgan fingerprint density at radius 2 is 1.74 bits per heavy atom. The zero-order valence-corrected chi connectivity index (χ0v) is 20.6. The molecule has 1 aliphatic rings. The Morgan fingerprint density at radius 1 is 1.05 bits per heavy atom. The number of hydrogen-bond donors (Lipinski definition) is 5. The molecule has 0 saturated carbocycles. The highest BCUT2D eigenvalue weighted by atomic mass is 16.6. The number of anilines is 1. The van der Waals surface area contributed by atoms with Crippen molar-refractivity contribution in [1.82, 2.24) is 4.90 Å². The molecular weight excluding hydrogens is 492 g/mol. The van der Waals surface area contributed by atoms with Crippen molar-refractivity contribution in [2.24, 2.45) is 5.11 Å². The Hall–Kier alpha value is -3.77. The first kappa shape index (κ1) is 27.3. The number of rotatable bonds is 10. The molecule has 12 nitrogen and oxygen atoms in total. The van der Waals surface area contributed by atoms with Crippen molar-refractivity contribution in [2.75, 3.05) is 31.6 Å². The van der Waals surface area contributed by atoms with E-state index in [1.54, 1.807) is 4.90 Å². The standard InChI is InChI=1S/C26H30N6O6/c27-30-29-18-7-8-21(22(13-18)32(37)38)28-11-9-16-5-6-17(20-4-2-1-3-19(16)20)10-12-31-14-24(34)26(36)25(35)23(31)15-33/h1-8,13,23-26,28,33-36H,9-12,14-15H2/t23-,24+,25-,26-/m1/s1. The van der Waals surface area contributed by atoms with Crippen molar-refractivity contribution < 1.29 is 25.3 Å². The molecular formula is C26H30N6O6. The molecule has 1 heterocycles. The van der Waals surface area contributed by atoms with Crippen LogP contribution in [0.3, 0.4) is 0 Å². The van der Waals surface area contributed by atoms with Gasteiger partial charge in [-0.3, -0.25) is 15.0 Å². The minimum atomic E-state index is -1.29. The first-order chi connectivity index (χ1) is 18.3. The van der Waals surface area contributed by atoms with E-state index in [0.29, 0.717) is 31.6 Å². The SMILES string of the molecule is [N-]=[N+]=Nc1ccc(NCCc2ccc(CCN3C[C@H](O)[C@@H](O)[C@H](O)[C@H]3CO)c3ccccc23)c([N+](=O)[O-])c1. The lowest BCUT2D eigenvalue weighted by Gasteiger charge is -2.43. The molecule has 0 spiro atoms. The van der Waals surface area contributed by atoms with E-state index in [0.717, 1.165) is 21.9 Å². The minimum Gasteiger partial charge on any atom is -0.395 e. The molecule has 0 aromatic heterocycles. The van der Waals surface area contributed by atoms with Crippen LogP contribution in [-0.4, -0.2) is 80.8 Å². The topological polar surface area (TPSA) is 188 Å². The summed E-state index contributed by atoms with van der Waals surface area (Å²) in [5.74, 6) is 0. The molecule has 1 fully saturated rings. The summed E-state index contributed by atoms with van der Waals surface area (Å²) < 4.78 is 0. The van der Waals surface area contributed by atoms with Gasteiger partial charge in [-0.05, 0) is 46.3 Å². The average Bonchev–Trinajstić information content (AvgIpc) is 2.92. The third kappa shape index (κ3) is 5.86. The number of aliphatic hydroxyl groups is 4. The van der Waals surface area contributed by atoms with E-state index in [9.17, 15) is 30.5 Å². The summed E-state index contributed by atoms with van der Waals surface area (Å²) in [5, 5.41) is 60.1. The van der Waals surface area contributed by atoms with Gasteiger partial charge in [0.25, 0.3) is 5.69 Å². The molecule has 0 unspecified atom stereocenters. The zero-order chi connectivity index (χ0) is 27.2. The summed E-state index contributed by atoms with van der Waals surface area (Å²) in [4.78, 5) is 15.4. The molecule has 3 aromatic rings. The predicted molar refractivity (Wildman–Crippen MR) is 142 cm³/mol. The molecule has 4 atom stereocenters. The van der Waals surface area contributed by atoms with Gasteiger partial charge in [0, 0.05) is 36.3 Å². The van der Waals surface area contributed by atoms with Crippen molar-refractivity contribution >= 4 is 27.8 Å². The van der Waals surface area contributed by atoms with Gasteiger partial charge in [0.05, 0.1) is 23.7 Å². The molecule has 0 radical (unpaired) electrons. The number of β-amino-alcohol motifs (C(OH)–C–C–N with tert-alkyl or cyclic N) is 1. The van der Waals surface area contributed by atoms with Crippen molar-refractivity contribution in [3.05, 3.63) is 86.3 Å². The number of likely N-dealkylation sites (tertiary alicyclic amines) is 1. The van der Waals surface area contributed by atoms with Crippen LogP contribution in [0.15, 0.2) is 59.7 Å². The van der Waals surface area contributed by atoms with E-state index in [-0.39, 0.29) is 24.5 Å². The average molecular weight is 523 g/mol. The van der Waals surface area contributed by atoms with Crippen LogP contribution in [0.2, 0.25) is 0 Å². The van der Waals surface area contributed by atoms with Crippen LogP contribution < -0.4 is 5.32 Å². The highest BCUT2D eigenvalue weighted by molar-refractivity contribution is 5.88. The molecule has 0 bridgehead atoms. The number of nitro groups is 1. The number of nitrogens with one attached hydrogen (secondary N) is 1. The van der Waals surface area contributed by atoms with Gasteiger partial charge in [0.1, 0.15) is 17.9 Å². The van der Waals surface area contributed by atoms with E-state index >= 15 is 0 Å². The predicted octanol–water partition coefficient (Wildman–Crippen LogP) is 2.65. The van der Waals surface area contributed by atoms with Gasteiger partial charge in [0.15, 0.2) is 0 Å². The van der Waals surface area contributed by atoms with Gasteiger partial charge in [-0.1, -0.05) is 47.6 Å². The van der Waals surface area contributed by atoms with Crippen molar-refractivity contribution in [3.8, 4) is 0 Å². The minimum absolute atomic E-state index is 0.154. The molecule has 4 rings (SSSR count). The maximum atomic E-state index is 11.5. The van der Waals surface area contributed by atoms with Crippen molar-refractivity contribution in [2.45, 2.75) is 37.2 Å². The fourth-order valence-corrected chi connectivity index (χ4v) is 5.03. The van der Waals surface area contributed by atoms with Crippen molar-refractivity contribution in [1.29, 1.82) is 0 Å². The number of aliphatic hydroxyl groups excluding tert-OH is 4. The van der Waals surface area contributed by atoms with Gasteiger partial charge >= 0.3 is 0 Å². The number of benzene rings is 3. The second-order valence-electron chi connectivity index (χ2n) is 9.30. The summed E-state index contributed by atoms with van der Waals surface area (Å²) in [6.45, 7) is 0.743. The fraction of sp³-hybridized carbons (Fsp3) is 0.385. The van der Waals surface area contributed by atoms with Gasteiger partial charge < -0.3 is 25.7 Å². The van der Waals surface area contributed by atoms with E-state index in [1.807, 2.05) is 36.4 Å². The maximum absolute atomic E-state index is 11.5. The lowest BCUT2D eigenvalue weighted by Crippen LogP contribution is -2.62. The summed E-state index contributed by atoms with van der Waals surface area (Å²) in [6, 6.07) is 15.6. The van der Waals surface area contributed by atoms with E-state index in [2.05, 4.69) is 15.3 Å². The summed E-state index contributed by atoms with van der Waals surface area (Å²) >= 11 is 0. The maximum Gasteiger partial charge on any atom is 0.292 e. The summed E-state index contributed by atoms with van der Waals surface area (Å²) in [5.41, 5.74) is 11.0. The normalized spacial score (nSPS) is 21.7. The quantitative estimate of drug-likeness (QED) is 0.0883. The number of nitrogens with zero attached hydrogens (tertiary/aromatic N) is 5. The van der Waals surface area contributed by atoms with Gasteiger partial charge in [-0.15, -0.1) is 0 Å². The van der Waals surface area contributed by atoms with Crippen molar-refractivity contribution in [3.63, 3.8) is 0 Å². The third-order valence-electron chi connectivity index (χ3n) is 7.04. The van der Waals surface area contributed by atoms with Crippen LogP contribution in [0.4, 0.5) is 17.1 Å². The lowest BCUT2D eigenvalue weighted by molar-refractivity contribution is -0.383. The Balaban J connectivity index is 1.47. The number of azide groups is 1. The Kier molecular flexibility index (Phi) is 8.74. The Labute approximate surface area is 218 Å². The van der Waals surface area contributed by atoms with Crippen LogP contribution >= 0.6 is 0 Å². The Morgan fingerprint density at radius 3 is 2.37 bits per heavy atom. The van der Waals surface area contributed by atoms with Crippen LogP contribution in [0, 0.1) is 10.1 Å². The molecule has 12 heteroatoms. The second kappa shape index (κ2) is 12.2. The summed E-state index contributed by atoms with van der Waals surface area (Å²) in [7, 11) is 0. The van der Waals surface area contributed by atoms with Gasteiger partial charge in [-0.2, -0.15) is 0 Å². The monoisotopic (exact) mass is 522 g/mol. The van der Waals surface area contributed by atoms with Gasteiger partial charge in [0.2, 0.25) is 0 Å². The first-order valence-corrected chi connectivity index (χ1v) is 12.3. The summed E-state index contributed by atoms with van der Waals surface area (Å²) in [6.07, 6.45) is -2.41. The molecule has 5 N–H and O–H groups in total.